The van der Waals surface area contributed by atoms with E-state index in [2.05, 4.69) is 0 Å². The Morgan fingerprint density at radius 3 is 2.36 bits per heavy atom. The van der Waals surface area contributed by atoms with Crippen molar-refractivity contribution in [2.75, 3.05) is 12.9 Å². The Balaban J connectivity index is 2.26. The van der Waals surface area contributed by atoms with Crippen molar-refractivity contribution in [3.05, 3.63) is 52.0 Å². The van der Waals surface area contributed by atoms with Crippen LogP contribution >= 0.6 is 23.2 Å². The zero-order chi connectivity index (χ0) is 18.6. The van der Waals surface area contributed by atoms with Gasteiger partial charge in [-0.15, -0.1) is 0 Å². The van der Waals surface area contributed by atoms with Crippen LogP contribution in [0.5, 0.6) is 11.5 Å². The van der Waals surface area contributed by atoms with Crippen LogP contribution in [0.3, 0.4) is 0 Å². The number of halogens is 2. The zero-order valence-corrected chi connectivity index (χ0v) is 15.9. The van der Waals surface area contributed by atoms with Crippen LogP contribution in [0.1, 0.15) is 12.5 Å². The molecule has 0 aliphatic heterocycles. The molecule has 0 amide bonds. The number of hydrogen-bond acceptors (Lipinski definition) is 5. The van der Waals surface area contributed by atoms with Crippen LogP contribution in [-0.2, 0) is 25.8 Å². The summed E-state index contributed by atoms with van der Waals surface area (Å²) >= 11 is 12.2. The molecule has 25 heavy (non-hydrogen) atoms. The highest BCUT2D eigenvalue weighted by Gasteiger charge is 2.13. The molecule has 0 radical (unpaired) electrons. The minimum Gasteiger partial charge on any atom is -0.466 e. The molecular weight excluding hydrogens is 387 g/mol. The molecule has 2 aromatic rings. The number of carbonyl (C=O) groups excluding carboxylic acids is 1. The number of hydrogen-bond donors (Lipinski definition) is 0. The molecule has 0 fully saturated rings. The minimum atomic E-state index is -3.37. The van der Waals surface area contributed by atoms with Crippen molar-refractivity contribution in [2.24, 2.45) is 0 Å². The van der Waals surface area contributed by atoms with E-state index in [1.54, 1.807) is 25.1 Å². The van der Waals surface area contributed by atoms with Crippen molar-refractivity contribution in [1.82, 2.24) is 0 Å². The van der Waals surface area contributed by atoms with Gasteiger partial charge in [0.1, 0.15) is 11.5 Å². The number of ether oxygens (including phenoxy) is 2. The first-order chi connectivity index (χ1) is 11.7. The van der Waals surface area contributed by atoms with Gasteiger partial charge in [-0.05, 0) is 42.8 Å². The third-order valence-electron chi connectivity index (χ3n) is 3.20. The van der Waals surface area contributed by atoms with Crippen molar-refractivity contribution < 1.29 is 22.7 Å². The van der Waals surface area contributed by atoms with Crippen molar-refractivity contribution in [3.63, 3.8) is 0 Å². The Hall–Kier alpha value is -1.76. The Bertz CT molecular complexity index is 894. The molecule has 2 aromatic carbocycles. The largest absolute Gasteiger partial charge is 0.466 e. The average Bonchev–Trinajstić information content (AvgIpc) is 2.51. The summed E-state index contributed by atoms with van der Waals surface area (Å²) in [6.45, 7) is 2.04. The molecule has 0 atom stereocenters. The van der Waals surface area contributed by atoms with Gasteiger partial charge in [0, 0.05) is 6.26 Å². The second kappa shape index (κ2) is 8.08. The quantitative estimate of drug-likeness (QED) is 0.673. The van der Waals surface area contributed by atoms with Gasteiger partial charge in [-0.3, -0.25) is 4.79 Å². The molecule has 8 heteroatoms. The topological polar surface area (TPSA) is 69.7 Å². The van der Waals surface area contributed by atoms with Gasteiger partial charge in [0.25, 0.3) is 0 Å². The highest BCUT2D eigenvalue weighted by atomic mass is 35.5. The lowest BCUT2D eigenvalue weighted by Gasteiger charge is -2.11. The number of benzene rings is 2. The minimum absolute atomic E-state index is 0.0854. The molecule has 0 aromatic heterocycles. The molecule has 134 valence electrons. The van der Waals surface area contributed by atoms with Gasteiger partial charge in [0.05, 0.1) is 28.0 Å². The first kappa shape index (κ1) is 19.6. The second-order valence-electron chi connectivity index (χ2n) is 5.21. The van der Waals surface area contributed by atoms with E-state index in [9.17, 15) is 13.2 Å². The first-order valence-corrected chi connectivity index (χ1v) is 9.97. The predicted molar refractivity (Wildman–Crippen MR) is 96.4 cm³/mol. The number of sulfone groups is 1. The van der Waals surface area contributed by atoms with Gasteiger partial charge in [-0.2, -0.15) is 0 Å². The zero-order valence-electron chi connectivity index (χ0n) is 13.6. The van der Waals surface area contributed by atoms with Crippen LogP contribution in [0, 0.1) is 0 Å². The van der Waals surface area contributed by atoms with E-state index in [1.807, 2.05) is 0 Å². The summed E-state index contributed by atoms with van der Waals surface area (Å²) in [5, 5.41) is 0.464. The molecule has 0 spiro atoms. The molecule has 0 saturated carbocycles. The average molecular weight is 403 g/mol. The van der Waals surface area contributed by atoms with E-state index in [0.717, 1.165) is 6.26 Å². The third-order valence-corrected chi connectivity index (χ3v) is 4.92. The van der Waals surface area contributed by atoms with Crippen molar-refractivity contribution in [1.29, 1.82) is 0 Å². The van der Waals surface area contributed by atoms with E-state index in [1.165, 1.54) is 18.2 Å². The Morgan fingerprint density at radius 2 is 1.76 bits per heavy atom. The number of esters is 1. The molecule has 0 bridgehead atoms. The van der Waals surface area contributed by atoms with E-state index >= 15 is 0 Å². The van der Waals surface area contributed by atoms with Crippen LogP contribution < -0.4 is 4.74 Å². The molecule has 0 N–H and O–H groups in total. The maximum atomic E-state index is 11.6. The fourth-order valence-corrected chi connectivity index (χ4v) is 3.12. The van der Waals surface area contributed by atoms with Crippen molar-refractivity contribution >= 4 is 39.0 Å². The second-order valence-corrected chi connectivity index (χ2v) is 8.04. The summed E-state index contributed by atoms with van der Waals surface area (Å²) in [6, 6.07) is 9.06. The van der Waals surface area contributed by atoms with Gasteiger partial charge in [0.2, 0.25) is 0 Å². The summed E-state index contributed by atoms with van der Waals surface area (Å²) in [5.74, 6) is 0.202. The lowest BCUT2D eigenvalue weighted by molar-refractivity contribution is -0.142. The Labute approximate surface area is 156 Å². The maximum absolute atomic E-state index is 11.6. The van der Waals surface area contributed by atoms with Crippen molar-refractivity contribution in [2.45, 2.75) is 18.2 Å². The standard InChI is InChI=1S/C17H16Cl2O5S/c1-3-23-17(20)9-11-4-6-13(18)16(8-11)24-15-7-5-12(10-14(15)19)25(2,21)22/h4-8,10H,3,9H2,1-2H3. The summed E-state index contributed by atoms with van der Waals surface area (Å²) in [7, 11) is -3.37. The summed E-state index contributed by atoms with van der Waals surface area (Å²) in [5.41, 5.74) is 0.668. The summed E-state index contributed by atoms with van der Waals surface area (Å²) in [4.78, 5) is 11.7. The highest BCUT2D eigenvalue weighted by molar-refractivity contribution is 7.90. The molecule has 0 saturated heterocycles. The molecule has 0 heterocycles. The van der Waals surface area contributed by atoms with Crippen LogP contribution in [0.4, 0.5) is 0 Å². The number of rotatable bonds is 6. The van der Waals surface area contributed by atoms with E-state index in [4.69, 9.17) is 32.7 Å². The van der Waals surface area contributed by atoms with E-state index in [0.29, 0.717) is 22.9 Å². The molecule has 0 unspecified atom stereocenters. The first-order valence-electron chi connectivity index (χ1n) is 7.32. The lowest BCUT2D eigenvalue weighted by atomic mass is 10.1. The SMILES string of the molecule is CCOC(=O)Cc1ccc(Cl)c(Oc2ccc(S(C)(=O)=O)cc2Cl)c1. The summed E-state index contributed by atoms with van der Waals surface area (Å²) in [6.07, 6.45) is 1.18. The van der Waals surface area contributed by atoms with Gasteiger partial charge in [0.15, 0.2) is 9.84 Å². The highest BCUT2D eigenvalue weighted by Crippen LogP contribution is 2.35. The molecule has 5 nitrogen and oxygen atoms in total. The molecule has 0 aliphatic carbocycles. The maximum Gasteiger partial charge on any atom is 0.310 e. The van der Waals surface area contributed by atoms with E-state index in [-0.39, 0.29) is 28.1 Å². The van der Waals surface area contributed by atoms with Crippen LogP contribution in [0.25, 0.3) is 0 Å². The number of carbonyl (C=O) groups is 1. The van der Waals surface area contributed by atoms with E-state index < -0.39 is 9.84 Å². The van der Waals surface area contributed by atoms with Gasteiger partial charge in [-0.1, -0.05) is 29.3 Å². The Kier molecular flexibility index (Phi) is 6.32. The van der Waals surface area contributed by atoms with Crippen LogP contribution in [-0.4, -0.2) is 27.2 Å². The van der Waals surface area contributed by atoms with Gasteiger partial charge in [-0.25, -0.2) is 8.42 Å². The molecule has 2 rings (SSSR count). The van der Waals surface area contributed by atoms with Gasteiger partial charge < -0.3 is 9.47 Å². The molecule has 0 aliphatic rings. The van der Waals surface area contributed by atoms with Gasteiger partial charge >= 0.3 is 5.97 Å². The smallest absolute Gasteiger partial charge is 0.310 e. The summed E-state index contributed by atoms with van der Waals surface area (Å²) < 4.78 is 33.7. The van der Waals surface area contributed by atoms with Crippen LogP contribution in [0.2, 0.25) is 10.0 Å². The fourth-order valence-electron chi connectivity index (χ4n) is 2.03. The molecular formula is C17H16Cl2O5S. The fraction of sp³-hybridized carbons (Fsp3) is 0.235. The lowest BCUT2D eigenvalue weighted by Crippen LogP contribution is -2.07. The predicted octanol–water partition coefficient (Wildman–Crippen LogP) is 4.29. The Morgan fingerprint density at radius 1 is 1.04 bits per heavy atom. The normalized spacial score (nSPS) is 11.2. The van der Waals surface area contributed by atoms with Crippen LogP contribution in [0.15, 0.2) is 41.3 Å². The third kappa shape index (κ3) is 5.36. The van der Waals surface area contributed by atoms with Crippen molar-refractivity contribution in [3.8, 4) is 11.5 Å². The monoisotopic (exact) mass is 402 g/mol.